The minimum atomic E-state index is 0.108. The van der Waals surface area contributed by atoms with Gasteiger partial charge in [-0.05, 0) is 18.1 Å². The SMILES string of the molecule is CCc1ccc(OC)c(C(C)(C)CBr)c1. The van der Waals surface area contributed by atoms with E-state index in [0.29, 0.717) is 0 Å². The molecule has 0 fully saturated rings. The van der Waals surface area contributed by atoms with Gasteiger partial charge in [0.2, 0.25) is 0 Å². The molecule has 1 nitrogen and oxygen atoms in total. The van der Waals surface area contributed by atoms with Crippen molar-refractivity contribution in [2.45, 2.75) is 32.6 Å². The molecule has 0 atom stereocenters. The van der Waals surface area contributed by atoms with Crippen LogP contribution in [0.4, 0.5) is 0 Å². The van der Waals surface area contributed by atoms with Gasteiger partial charge in [0.1, 0.15) is 5.75 Å². The smallest absolute Gasteiger partial charge is 0.122 e. The standard InChI is InChI=1S/C13H19BrO/c1-5-10-6-7-12(15-4)11(8-10)13(2,3)9-14/h6-8H,5,9H2,1-4H3. The average molecular weight is 271 g/mol. The molecule has 0 amide bonds. The van der Waals surface area contributed by atoms with E-state index in [1.165, 1.54) is 11.1 Å². The van der Waals surface area contributed by atoms with Crippen LogP contribution in [0.1, 0.15) is 31.9 Å². The van der Waals surface area contributed by atoms with Gasteiger partial charge in [0.25, 0.3) is 0 Å². The third-order valence-electron chi connectivity index (χ3n) is 2.74. The zero-order valence-electron chi connectivity index (χ0n) is 9.93. The van der Waals surface area contributed by atoms with E-state index in [-0.39, 0.29) is 5.41 Å². The second-order valence-electron chi connectivity index (χ2n) is 4.41. The van der Waals surface area contributed by atoms with Crippen LogP contribution in [0.15, 0.2) is 18.2 Å². The fourth-order valence-corrected chi connectivity index (χ4v) is 1.88. The van der Waals surface area contributed by atoms with Gasteiger partial charge in [-0.2, -0.15) is 0 Å². The van der Waals surface area contributed by atoms with E-state index in [0.717, 1.165) is 17.5 Å². The van der Waals surface area contributed by atoms with Crippen LogP contribution in [-0.4, -0.2) is 12.4 Å². The van der Waals surface area contributed by atoms with Crippen LogP contribution in [0.2, 0.25) is 0 Å². The maximum absolute atomic E-state index is 5.41. The van der Waals surface area contributed by atoms with Crippen molar-refractivity contribution in [1.82, 2.24) is 0 Å². The molecule has 0 unspecified atom stereocenters. The molecule has 0 N–H and O–H groups in total. The Morgan fingerprint density at radius 2 is 2.00 bits per heavy atom. The Labute approximate surface area is 101 Å². The van der Waals surface area contributed by atoms with E-state index in [2.05, 4.69) is 54.9 Å². The maximum Gasteiger partial charge on any atom is 0.122 e. The first-order valence-electron chi connectivity index (χ1n) is 5.28. The average Bonchev–Trinajstić information content (AvgIpc) is 2.28. The van der Waals surface area contributed by atoms with Crippen LogP contribution >= 0.6 is 15.9 Å². The zero-order valence-corrected chi connectivity index (χ0v) is 11.5. The molecule has 0 aliphatic carbocycles. The summed E-state index contributed by atoms with van der Waals surface area (Å²) in [7, 11) is 1.73. The van der Waals surface area contributed by atoms with Crippen LogP contribution in [0.3, 0.4) is 0 Å². The monoisotopic (exact) mass is 270 g/mol. The molecule has 0 radical (unpaired) electrons. The van der Waals surface area contributed by atoms with Crippen LogP contribution in [0.25, 0.3) is 0 Å². The van der Waals surface area contributed by atoms with Gasteiger partial charge in [-0.25, -0.2) is 0 Å². The van der Waals surface area contributed by atoms with Gasteiger partial charge in [-0.1, -0.05) is 48.8 Å². The van der Waals surface area contributed by atoms with Crippen molar-refractivity contribution in [2.24, 2.45) is 0 Å². The fourth-order valence-electron chi connectivity index (χ4n) is 1.58. The lowest BCUT2D eigenvalue weighted by molar-refractivity contribution is 0.398. The molecule has 1 aromatic carbocycles. The Morgan fingerprint density at radius 3 is 2.47 bits per heavy atom. The highest BCUT2D eigenvalue weighted by molar-refractivity contribution is 9.09. The lowest BCUT2D eigenvalue weighted by atomic mass is 9.85. The first kappa shape index (κ1) is 12.6. The van der Waals surface area contributed by atoms with Crippen molar-refractivity contribution in [3.8, 4) is 5.75 Å². The van der Waals surface area contributed by atoms with Gasteiger partial charge in [-0.15, -0.1) is 0 Å². The Bertz CT molecular complexity index is 331. The van der Waals surface area contributed by atoms with Crippen LogP contribution < -0.4 is 4.74 Å². The largest absolute Gasteiger partial charge is 0.496 e. The molecule has 0 aliphatic heterocycles. The Kier molecular flexibility index (Phi) is 4.21. The second kappa shape index (κ2) is 5.02. The van der Waals surface area contributed by atoms with Crippen molar-refractivity contribution in [3.05, 3.63) is 29.3 Å². The summed E-state index contributed by atoms with van der Waals surface area (Å²) in [6.45, 7) is 6.62. The molecule has 0 saturated heterocycles. The first-order valence-corrected chi connectivity index (χ1v) is 6.40. The number of benzene rings is 1. The van der Waals surface area contributed by atoms with Crippen molar-refractivity contribution in [3.63, 3.8) is 0 Å². The van der Waals surface area contributed by atoms with E-state index in [4.69, 9.17) is 4.74 Å². The number of methoxy groups -OCH3 is 1. The summed E-state index contributed by atoms with van der Waals surface area (Å²) in [5, 5.41) is 0.934. The molecule has 84 valence electrons. The maximum atomic E-state index is 5.41. The van der Waals surface area contributed by atoms with E-state index in [1.54, 1.807) is 7.11 Å². The molecule has 0 heterocycles. The molecule has 1 rings (SSSR count). The highest BCUT2D eigenvalue weighted by Gasteiger charge is 2.23. The minimum Gasteiger partial charge on any atom is -0.496 e. The summed E-state index contributed by atoms with van der Waals surface area (Å²) in [5.41, 5.74) is 2.75. The molecule has 0 bridgehead atoms. The van der Waals surface area contributed by atoms with Crippen molar-refractivity contribution in [1.29, 1.82) is 0 Å². The van der Waals surface area contributed by atoms with Gasteiger partial charge in [0, 0.05) is 16.3 Å². The summed E-state index contributed by atoms with van der Waals surface area (Å²) >= 11 is 3.56. The van der Waals surface area contributed by atoms with Crippen LogP contribution in [0, 0.1) is 0 Å². The zero-order chi connectivity index (χ0) is 11.5. The third-order valence-corrected chi connectivity index (χ3v) is 4.14. The number of ether oxygens (including phenoxy) is 1. The van der Waals surface area contributed by atoms with Crippen molar-refractivity contribution in [2.75, 3.05) is 12.4 Å². The summed E-state index contributed by atoms with van der Waals surface area (Å²) < 4.78 is 5.41. The van der Waals surface area contributed by atoms with E-state index in [9.17, 15) is 0 Å². The Hall–Kier alpha value is -0.500. The molecule has 15 heavy (non-hydrogen) atoms. The molecular weight excluding hydrogens is 252 g/mol. The van der Waals surface area contributed by atoms with Gasteiger partial charge in [-0.3, -0.25) is 0 Å². The van der Waals surface area contributed by atoms with Gasteiger partial charge in [0.15, 0.2) is 0 Å². The predicted molar refractivity (Wildman–Crippen MR) is 69.2 cm³/mol. The normalized spacial score (nSPS) is 11.5. The number of hydrogen-bond acceptors (Lipinski definition) is 1. The van der Waals surface area contributed by atoms with Crippen molar-refractivity contribution < 1.29 is 4.74 Å². The van der Waals surface area contributed by atoms with Crippen LogP contribution in [0.5, 0.6) is 5.75 Å². The molecule has 0 aliphatic rings. The third kappa shape index (κ3) is 2.75. The Morgan fingerprint density at radius 1 is 1.33 bits per heavy atom. The number of halogens is 1. The lowest BCUT2D eigenvalue weighted by Crippen LogP contribution is -2.20. The quantitative estimate of drug-likeness (QED) is 0.754. The molecule has 0 spiro atoms. The number of hydrogen-bond donors (Lipinski definition) is 0. The van der Waals surface area contributed by atoms with Gasteiger partial charge in [0.05, 0.1) is 7.11 Å². The lowest BCUT2D eigenvalue weighted by Gasteiger charge is -2.25. The second-order valence-corrected chi connectivity index (χ2v) is 4.97. The summed E-state index contributed by atoms with van der Waals surface area (Å²) in [6, 6.07) is 6.45. The van der Waals surface area contributed by atoms with Gasteiger partial charge < -0.3 is 4.74 Å². The predicted octanol–water partition coefficient (Wildman–Crippen LogP) is 3.93. The minimum absolute atomic E-state index is 0.108. The van der Waals surface area contributed by atoms with Gasteiger partial charge >= 0.3 is 0 Å². The first-order chi connectivity index (χ1) is 7.05. The van der Waals surface area contributed by atoms with Crippen molar-refractivity contribution >= 4 is 15.9 Å². The fraction of sp³-hybridized carbons (Fsp3) is 0.538. The molecule has 1 aromatic rings. The van der Waals surface area contributed by atoms with Crippen LogP contribution in [-0.2, 0) is 11.8 Å². The number of rotatable bonds is 4. The summed E-state index contributed by atoms with van der Waals surface area (Å²) in [6.07, 6.45) is 1.06. The Balaban J connectivity index is 3.23. The van der Waals surface area contributed by atoms with E-state index >= 15 is 0 Å². The molecule has 0 aromatic heterocycles. The summed E-state index contributed by atoms with van der Waals surface area (Å²) in [5.74, 6) is 0.983. The highest BCUT2D eigenvalue weighted by atomic mass is 79.9. The summed E-state index contributed by atoms with van der Waals surface area (Å²) in [4.78, 5) is 0. The topological polar surface area (TPSA) is 9.23 Å². The number of aryl methyl sites for hydroxylation is 1. The highest BCUT2D eigenvalue weighted by Crippen LogP contribution is 2.33. The molecular formula is C13H19BrO. The van der Waals surface area contributed by atoms with E-state index < -0.39 is 0 Å². The van der Waals surface area contributed by atoms with E-state index in [1.807, 2.05) is 0 Å². The molecule has 2 heteroatoms. The number of alkyl halides is 1. The molecule has 0 saturated carbocycles.